The molecule has 8 aliphatic carbocycles. The first-order valence-corrected chi connectivity index (χ1v) is 23.4. The van der Waals surface area contributed by atoms with E-state index in [9.17, 15) is 40.2 Å². The molecule has 8 nitrogen and oxygen atoms in total. The van der Waals surface area contributed by atoms with E-state index >= 15 is 0 Å². The van der Waals surface area contributed by atoms with Crippen molar-refractivity contribution >= 4 is 35.0 Å². The van der Waals surface area contributed by atoms with E-state index in [0.29, 0.717) is 83.9 Å². The second-order valence-electron chi connectivity index (χ2n) is 22.7. The average Bonchev–Trinajstić information content (AvgIpc) is 3.68. The minimum absolute atomic E-state index is 0. The molecule has 0 aromatic carbocycles. The van der Waals surface area contributed by atoms with Crippen molar-refractivity contribution in [2.24, 2.45) is 92.7 Å². The van der Waals surface area contributed by atoms with Crippen molar-refractivity contribution in [3.8, 4) is 0 Å². The second kappa shape index (κ2) is 17.4. The van der Waals surface area contributed by atoms with E-state index in [1.807, 2.05) is 0 Å². The first kappa shape index (κ1) is 46.1. The van der Waals surface area contributed by atoms with Crippen molar-refractivity contribution in [3.63, 3.8) is 0 Å². The van der Waals surface area contributed by atoms with Crippen LogP contribution < -0.4 is 10.2 Å². The Hall–Kier alpha value is -0.454. The SMILES string of the molecule is CC(CCC(=O)[O-])C1CCC2C3C(CCC12C)C1(C)CC[C@@H](O)CC1C[C@@H]3O.CC(CCC(=O)[O-])C1CCC2C3C(CCC12C)C1(C)CC[C@@H](O)CC1C[C@H]3O.[Mg+2]. The molecule has 320 valence electrons. The van der Waals surface area contributed by atoms with Gasteiger partial charge in [0.1, 0.15) is 0 Å². The van der Waals surface area contributed by atoms with Crippen LogP contribution >= 0.6 is 0 Å². The van der Waals surface area contributed by atoms with Crippen LogP contribution in [0.4, 0.5) is 0 Å². The number of hydrogen-bond acceptors (Lipinski definition) is 8. The summed E-state index contributed by atoms with van der Waals surface area (Å²) in [7, 11) is 0. The zero-order valence-corrected chi connectivity index (χ0v) is 37.9. The summed E-state index contributed by atoms with van der Waals surface area (Å²) >= 11 is 0. The predicted octanol–water partition coefficient (Wildman–Crippen LogP) is 5.91. The molecule has 8 saturated carbocycles. The predicted molar refractivity (Wildman–Crippen MR) is 218 cm³/mol. The molecule has 0 aromatic heterocycles. The minimum atomic E-state index is -0.934. The quantitative estimate of drug-likeness (QED) is 0.221. The van der Waals surface area contributed by atoms with E-state index in [1.54, 1.807) is 0 Å². The van der Waals surface area contributed by atoms with Crippen molar-refractivity contribution in [2.75, 3.05) is 0 Å². The number of hydrogen-bond donors (Lipinski definition) is 4. The number of carbonyl (C=O) groups is 2. The molecule has 8 fully saturated rings. The van der Waals surface area contributed by atoms with Gasteiger partial charge in [-0.2, -0.15) is 0 Å². The normalized spacial score (nSPS) is 50.8. The molecule has 57 heavy (non-hydrogen) atoms. The molecule has 20 atom stereocenters. The molecule has 0 spiro atoms. The van der Waals surface area contributed by atoms with Crippen LogP contribution in [-0.2, 0) is 9.59 Å². The van der Waals surface area contributed by atoms with Crippen LogP contribution in [0.2, 0.25) is 0 Å². The Morgan fingerprint density at radius 3 is 1.21 bits per heavy atom. The fourth-order valence-corrected chi connectivity index (χ4v) is 17.4. The summed E-state index contributed by atoms with van der Waals surface area (Å²) in [5.41, 5.74) is 0.988. The van der Waals surface area contributed by atoms with Crippen LogP contribution in [0, 0.1) is 92.7 Å². The maximum absolute atomic E-state index is 11.2. The fourth-order valence-electron chi connectivity index (χ4n) is 17.4. The molecule has 8 aliphatic rings. The van der Waals surface area contributed by atoms with E-state index in [1.165, 1.54) is 51.4 Å². The Morgan fingerprint density at radius 2 is 0.860 bits per heavy atom. The van der Waals surface area contributed by atoms with Crippen molar-refractivity contribution in [1.29, 1.82) is 0 Å². The maximum atomic E-state index is 11.2. The Labute approximate surface area is 360 Å². The van der Waals surface area contributed by atoms with Crippen molar-refractivity contribution in [1.82, 2.24) is 0 Å². The van der Waals surface area contributed by atoms with Gasteiger partial charge >= 0.3 is 23.1 Å². The number of fused-ring (bicyclic) bond motifs is 10. The molecule has 0 radical (unpaired) electrons. The number of carbonyl (C=O) groups excluding carboxylic acids is 2. The molecular weight excluding hydrogens is 729 g/mol. The van der Waals surface area contributed by atoms with Gasteiger partial charge in [0.2, 0.25) is 0 Å². The van der Waals surface area contributed by atoms with Crippen molar-refractivity contribution < 1.29 is 40.2 Å². The molecular formula is C48H78MgO8. The Kier molecular flexibility index (Phi) is 14.0. The van der Waals surface area contributed by atoms with Crippen LogP contribution in [-0.4, -0.2) is 79.8 Å². The summed E-state index contributed by atoms with van der Waals surface area (Å²) in [5.74, 6) is 3.99. The summed E-state index contributed by atoms with van der Waals surface area (Å²) in [4.78, 5) is 21.9. The molecule has 8 rings (SSSR count). The molecule has 4 N–H and O–H groups in total. The molecule has 9 heteroatoms. The third kappa shape index (κ3) is 8.18. The Balaban J connectivity index is 0.000000189. The largest absolute Gasteiger partial charge is 2.00 e. The molecule has 0 amide bonds. The van der Waals surface area contributed by atoms with E-state index in [0.717, 1.165) is 51.4 Å². The van der Waals surface area contributed by atoms with Gasteiger partial charge in [0.15, 0.2) is 0 Å². The molecule has 16 unspecified atom stereocenters. The summed E-state index contributed by atoms with van der Waals surface area (Å²) in [6.07, 6.45) is 17.8. The van der Waals surface area contributed by atoms with Gasteiger partial charge in [-0.1, -0.05) is 41.5 Å². The summed E-state index contributed by atoms with van der Waals surface area (Å²) in [6, 6.07) is 0. The van der Waals surface area contributed by atoms with E-state index in [4.69, 9.17) is 0 Å². The number of aliphatic hydroxyl groups is 4. The summed E-state index contributed by atoms with van der Waals surface area (Å²) in [6.45, 7) is 14.2. The standard InChI is InChI=1S/2C24H40O4.Mg/c2*1-14(4-7-21(27)28)17-5-6-18-22-19(9-11-24(17,18)3)23(2)10-8-16(25)12-15(23)13-20(22)26;/h2*14-20,22,25-26H,4-13H2,1-3H3,(H,27,28);/q;;+2/p-2/t14?,15?,16-,17?,18?,19?,20+,22?,23?,24?;14?,15?,16-,17?,18?,19?,20-,22?,23?,24?;/m11./s1. The third-order valence-electron chi connectivity index (χ3n) is 20.4. The van der Waals surface area contributed by atoms with Crippen LogP contribution in [0.15, 0.2) is 0 Å². The second-order valence-corrected chi connectivity index (χ2v) is 22.7. The smallest absolute Gasteiger partial charge is 0.550 e. The first-order valence-electron chi connectivity index (χ1n) is 23.4. The van der Waals surface area contributed by atoms with E-state index < -0.39 is 11.9 Å². The number of aliphatic carboxylic acids is 2. The van der Waals surface area contributed by atoms with Gasteiger partial charge in [-0.15, -0.1) is 0 Å². The average molecular weight is 807 g/mol. The minimum Gasteiger partial charge on any atom is -0.550 e. The zero-order chi connectivity index (χ0) is 40.5. The maximum Gasteiger partial charge on any atom is 2.00 e. The van der Waals surface area contributed by atoms with Gasteiger partial charge in [-0.05, 0) is 221 Å². The van der Waals surface area contributed by atoms with Crippen molar-refractivity contribution in [2.45, 2.75) is 194 Å². The van der Waals surface area contributed by atoms with Crippen LogP contribution in [0.5, 0.6) is 0 Å². The van der Waals surface area contributed by atoms with Gasteiger partial charge in [0.05, 0.1) is 24.4 Å². The Bertz CT molecular complexity index is 1320. The third-order valence-corrected chi connectivity index (χ3v) is 20.4. The van der Waals surface area contributed by atoms with E-state index in [-0.39, 0.29) is 82.0 Å². The summed E-state index contributed by atoms with van der Waals surface area (Å²) < 4.78 is 0. The number of carboxylic acids is 2. The monoisotopic (exact) mass is 807 g/mol. The molecule has 0 saturated heterocycles. The van der Waals surface area contributed by atoms with Gasteiger partial charge in [0, 0.05) is 11.9 Å². The van der Waals surface area contributed by atoms with Crippen LogP contribution in [0.3, 0.4) is 0 Å². The molecule has 0 bridgehead atoms. The zero-order valence-electron chi connectivity index (χ0n) is 36.5. The molecule has 0 heterocycles. The molecule has 0 aromatic rings. The van der Waals surface area contributed by atoms with Gasteiger partial charge in [-0.3, -0.25) is 0 Å². The first-order chi connectivity index (χ1) is 26.3. The van der Waals surface area contributed by atoms with Gasteiger partial charge in [0.25, 0.3) is 0 Å². The fraction of sp³-hybridized carbons (Fsp3) is 0.958. The number of carboxylic acid groups (broad SMARTS) is 2. The molecule has 0 aliphatic heterocycles. The van der Waals surface area contributed by atoms with Crippen LogP contribution in [0.1, 0.15) is 170 Å². The number of aliphatic hydroxyl groups excluding tert-OH is 4. The number of rotatable bonds is 8. The van der Waals surface area contributed by atoms with Crippen molar-refractivity contribution in [3.05, 3.63) is 0 Å². The summed E-state index contributed by atoms with van der Waals surface area (Å²) in [5, 5.41) is 64.7. The topological polar surface area (TPSA) is 161 Å². The van der Waals surface area contributed by atoms with Crippen LogP contribution in [0.25, 0.3) is 0 Å². The van der Waals surface area contributed by atoms with Gasteiger partial charge in [-0.25, -0.2) is 0 Å². The Morgan fingerprint density at radius 1 is 0.526 bits per heavy atom. The van der Waals surface area contributed by atoms with Gasteiger partial charge < -0.3 is 40.2 Å². The van der Waals surface area contributed by atoms with E-state index in [2.05, 4.69) is 41.5 Å².